The third kappa shape index (κ3) is 5.47. The summed E-state index contributed by atoms with van der Waals surface area (Å²) in [6, 6.07) is 12.4. The molecule has 0 aliphatic heterocycles. The summed E-state index contributed by atoms with van der Waals surface area (Å²) in [7, 11) is 0. The molecule has 2 heterocycles. The van der Waals surface area contributed by atoms with E-state index in [1.54, 1.807) is 24.3 Å². The number of carbonyl (C=O) groups is 1. The smallest absolute Gasteiger partial charge is 0.232 e. The Morgan fingerprint density at radius 3 is 2.43 bits per heavy atom. The zero-order chi connectivity index (χ0) is 20.9. The van der Waals surface area contributed by atoms with Gasteiger partial charge in [0.1, 0.15) is 16.6 Å². The number of nitrogens with zero attached hydrogens (tertiary/aromatic N) is 3. The molecular formula is C20H14F2N4OS3. The quantitative estimate of drug-likeness (QED) is 0.295. The number of amides is 1. The van der Waals surface area contributed by atoms with Crippen LogP contribution < -0.4 is 5.32 Å². The Kier molecular flexibility index (Phi) is 6.46. The monoisotopic (exact) mass is 460 g/mol. The van der Waals surface area contributed by atoms with Crippen molar-refractivity contribution < 1.29 is 13.6 Å². The van der Waals surface area contributed by atoms with Crippen LogP contribution in [0.25, 0.3) is 10.6 Å². The van der Waals surface area contributed by atoms with Gasteiger partial charge in [-0.2, -0.15) is 0 Å². The molecule has 0 fully saturated rings. The Labute approximate surface area is 183 Å². The summed E-state index contributed by atoms with van der Waals surface area (Å²) in [6.07, 6.45) is 0.106. The summed E-state index contributed by atoms with van der Waals surface area (Å²) < 4.78 is 26.7. The summed E-state index contributed by atoms with van der Waals surface area (Å²) in [6.45, 7) is 0. The lowest BCUT2D eigenvalue weighted by Gasteiger charge is -1.99. The van der Waals surface area contributed by atoms with Crippen LogP contribution >= 0.6 is 34.4 Å². The van der Waals surface area contributed by atoms with Crippen molar-refractivity contribution in [2.45, 2.75) is 16.5 Å². The number of halogens is 2. The van der Waals surface area contributed by atoms with Crippen LogP contribution in [-0.2, 0) is 17.0 Å². The normalized spacial score (nSPS) is 10.9. The van der Waals surface area contributed by atoms with Gasteiger partial charge in [-0.05, 0) is 42.0 Å². The van der Waals surface area contributed by atoms with E-state index in [1.165, 1.54) is 58.7 Å². The first-order valence-electron chi connectivity index (χ1n) is 8.76. The van der Waals surface area contributed by atoms with Crippen molar-refractivity contribution in [3.63, 3.8) is 0 Å². The second kappa shape index (κ2) is 9.41. The number of rotatable bonds is 7. The standard InChI is InChI=1S/C20H14F2N4OS3/c21-14-5-1-12(2-6-14)10-29-20-26-25-19(30-20)24-17(27)9-16-11-28-18(23-16)13-3-7-15(22)8-4-13/h1-8,11H,9-10H2,(H,24,25,27). The highest BCUT2D eigenvalue weighted by atomic mass is 32.2. The first kappa shape index (κ1) is 20.6. The van der Waals surface area contributed by atoms with Gasteiger partial charge in [0.05, 0.1) is 12.1 Å². The Morgan fingerprint density at radius 2 is 1.70 bits per heavy atom. The molecule has 152 valence electrons. The predicted octanol–water partition coefficient (Wildman–Crippen LogP) is 5.41. The maximum absolute atomic E-state index is 13.0. The van der Waals surface area contributed by atoms with E-state index < -0.39 is 0 Å². The number of benzene rings is 2. The van der Waals surface area contributed by atoms with E-state index in [4.69, 9.17) is 0 Å². The number of hydrogen-bond donors (Lipinski definition) is 1. The molecule has 10 heteroatoms. The van der Waals surface area contributed by atoms with Crippen LogP contribution in [0.15, 0.2) is 58.3 Å². The van der Waals surface area contributed by atoms with Crippen molar-refractivity contribution in [3.05, 3.63) is 76.8 Å². The molecule has 0 aliphatic carbocycles. The summed E-state index contributed by atoms with van der Waals surface area (Å²) >= 11 is 4.15. The SMILES string of the molecule is O=C(Cc1csc(-c2ccc(F)cc2)n1)Nc1nnc(SCc2ccc(F)cc2)s1. The van der Waals surface area contributed by atoms with Crippen LogP contribution in [0.3, 0.4) is 0 Å². The molecule has 2 aromatic carbocycles. The highest BCUT2D eigenvalue weighted by Gasteiger charge is 2.12. The summed E-state index contributed by atoms with van der Waals surface area (Å²) in [5, 5.41) is 13.7. The fourth-order valence-electron chi connectivity index (χ4n) is 2.49. The second-order valence-electron chi connectivity index (χ2n) is 6.16. The minimum atomic E-state index is -0.304. The first-order chi connectivity index (χ1) is 14.5. The molecule has 1 amide bonds. The highest BCUT2D eigenvalue weighted by Crippen LogP contribution is 2.29. The van der Waals surface area contributed by atoms with Crippen molar-refractivity contribution in [1.29, 1.82) is 0 Å². The van der Waals surface area contributed by atoms with Gasteiger partial charge in [-0.3, -0.25) is 4.79 Å². The van der Waals surface area contributed by atoms with Gasteiger partial charge in [0, 0.05) is 16.7 Å². The molecule has 4 aromatic rings. The number of carbonyl (C=O) groups excluding carboxylic acids is 1. The van der Waals surface area contributed by atoms with Gasteiger partial charge in [0.25, 0.3) is 0 Å². The zero-order valence-corrected chi connectivity index (χ0v) is 17.8. The van der Waals surface area contributed by atoms with E-state index in [0.29, 0.717) is 20.9 Å². The van der Waals surface area contributed by atoms with E-state index in [0.717, 1.165) is 16.1 Å². The third-order valence-electron chi connectivity index (χ3n) is 3.91. The predicted molar refractivity (Wildman–Crippen MR) is 116 cm³/mol. The second-order valence-corrected chi connectivity index (χ2v) is 9.22. The van der Waals surface area contributed by atoms with Crippen molar-refractivity contribution >= 4 is 45.5 Å². The average Bonchev–Trinajstić information content (AvgIpc) is 3.38. The average molecular weight is 461 g/mol. The van der Waals surface area contributed by atoms with Crippen molar-refractivity contribution in [2.75, 3.05) is 5.32 Å². The summed E-state index contributed by atoms with van der Waals surface area (Å²) in [4.78, 5) is 16.7. The van der Waals surface area contributed by atoms with E-state index >= 15 is 0 Å². The van der Waals surface area contributed by atoms with Crippen LogP contribution in [0.5, 0.6) is 0 Å². The van der Waals surface area contributed by atoms with Crippen molar-refractivity contribution in [3.8, 4) is 10.6 Å². The number of thioether (sulfide) groups is 1. The third-order valence-corrected chi connectivity index (χ3v) is 6.90. The highest BCUT2D eigenvalue weighted by molar-refractivity contribution is 8.00. The maximum Gasteiger partial charge on any atom is 0.232 e. The molecule has 5 nitrogen and oxygen atoms in total. The van der Waals surface area contributed by atoms with Gasteiger partial charge in [-0.15, -0.1) is 21.5 Å². The molecule has 30 heavy (non-hydrogen) atoms. The first-order valence-corrected chi connectivity index (χ1v) is 11.4. The van der Waals surface area contributed by atoms with Gasteiger partial charge in [-0.25, -0.2) is 13.8 Å². The molecule has 0 saturated carbocycles. The molecule has 0 aliphatic rings. The molecule has 0 spiro atoms. The van der Waals surface area contributed by atoms with Gasteiger partial charge < -0.3 is 5.32 Å². The van der Waals surface area contributed by atoms with Crippen LogP contribution in [0.4, 0.5) is 13.9 Å². The van der Waals surface area contributed by atoms with E-state index in [1.807, 2.05) is 5.38 Å². The Morgan fingerprint density at radius 1 is 1.00 bits per heavy atom. The molecule has 0 bridgehead atoms. The Balaban J connectivity index is 1.30. The van der Waals surface area contributed by atoms with Crippen LogP contribution in [0.1, 0.15) is 11.3 Å². The fourth-order valence-corrected chi connectivity index (χ4v) is 5.04. The number of anilines is 1. The van der Waals surface area contributed by atoms with Crippen LogP contribution in [0.2, 0.25) is 0 Å². The van der Waals surface area contributed by atoms with Gasteiger partial charge in [-0.1, -0.05) is 35.2 Å². The van der Waals surface area contributed by atoms with Crippen molar-refractivity contribution in [1.82, 2.24) is 15.2 Å². The number of nitrogens with one attached hydrogen (secondary N) is 1. The van der Waals surface area contributed by atoms with Crippen LogP contribution in [0, 0.1) is 11.6 Å². The van der Waals surface area contributed by atoms with E-state index in [9.17, 15) is 13.6 Å². The van der Waals surface area contributed by atoms with Gasteiger partial charge in [0.2, 0.25) is 11.0 Å². The van der Waals surface area contributed by atoms with Crippen LogP contribution in [-0.4, -0.2) is 21.1 Å². The number of hydrogen-bond acceptors (Lipinski definition) is 7. The van der Waals surface area contributed by atoms with Gasteiger partial charge in [0.15, 0.2) is 4.34 Å². The zero-order valence-electron chi connectivity index (χ0n) is 15.3. The molecule has 4 rings (SSSR count). The molecule has 1 N–H and O–H groups in total. The minimum Gasteiger partial charge on any atom is -0.300 e. The molecule has 0 saturated heterocycles. The largest absolute Gasteiger partial charge is 0.300 e. The molecule has 0 atom stereocenters. The summed E-state index contributed by atoms with van der Waals surface area (Å²) in [5.41, 5.74) is 2.41. The molecular weight excluding hydrogens is 446 g/mol. The summed E-state index contributed by atoms with van der Waals surface area (Å²) in [5.74, 6) is -0.178. The molecule has 0 radical (unpaired) electrons. The Hall–Kier alpha value is -2.69. The number of aromatic nitrogens is 3. The maximum atomic E-state index is 13.0. The Bertz CT molecular complexity index is 1140. The fraction of sp³-hybridized carbons (Fsp3) is 0.100. The lowest BCUT2D eigenvalue weighted by Crippen LogP contribution is -2.14. The lowest BCUT2D eigenvalue weighted by atomic mass is 10.2. The van der Waals surface area contributed by atoms with E-state index in [2.05, 4.69) is 20.5 Å². The van der Waals surface area contributed by atoms with E-state index in [-0.39, 0.29) is 24.0 Å². The number of thiazole rings is 1. The van der Waals surface area contributed by atoms with Gasteiger partial charge >= 0.3 is 0 Å². The molecule has 2 aromatic heterocycles. The topological polar surface area (TPSA) is 67.8 Å². The molecule has 0 unspecified atom stereocenters. The van der Waals surface area contributed by atoms with Crippen molar-refractivity contribution in [2.24, 2.45) is 0 Å². The minimum absolute atomic E-state index is 0.106. The lowest BCUT2D eigenvalue weighted by molar-refractivity contribution is -0.115.